The number of aryl methyl sites for hydroxylation is 4. The van der Waals surface area contributed by atoms with Crippen LogP contribution in [0.25, 0.3) is 16.7 Å². The van der Waals surface area contributed by atoms with E-state index >= 15 is 0 Å². The third-order valence-electron chi connectivity index (χ3n) is 5.81. The van der Waals surface area contributed by atoms with Crippen LogP contribution in [0.2, 0.25) is 0 Å². The molecule has 2 aromatic carbocycles. The molecular weight excluding hydrogens is 407 g/mol. The van der Waals surface area contributed by atoms with Crippen LogP contribution in [0.3, 0.4) is 0 Å². The number of carbonyl (C=O) groups is 1. The second kappa shape index (κ2) is 8.42. The summed E-state index contributed by atoms with van der Waals surface area (Å²) in [6.45, 7) is 5.57. The smallest absolute Gasteiger partial charge is 0.255 e. The average molecular weight is 432 g/mol. The van der Waals surface area contributed by atoms with Crippen molar-refractivity contribution >= 4 is 22.6 Å². The van der Waals surface area contributed by atoms with E-state index in [0.717, 1.165) is 28.0 Å². The first-order valence-electron chi connectivity index (χ1n) is 10.5. The Morgan fingerprint density at radius 2 is 1.81 bits per heavy atom. The Morgan fingerprint density at radius 1 is 1.09 bits per heavy atom. The number of anilines is 1. The van der Waals surface area contributed by atoms with Crippen molar-refractivity contribution in [2.45, 2.75) is 33.6 Å². The van der Waals surface area contributed by atoms with Gasteiger partial charge in [0.1, 0.15) is 11.5 Å². The monoisotopic (exact) mass is 432 g/mol. The molecule has 6 nitrogen and oxygen atoms in total. The number of rotatable bonds is 5. The van der Waals surface area contributed by atoms with Gasteiger partial charge < -0.3 is 5.32 Å². The summed E-state index contributed by atoms with van der Waals surface area (Å²) in [6, 6.07) is 13.9. The predicted octanol–water partition coefficient (Wildman–Crippen LogP) is 4.36. The fourth-order valence-electron chi connectivity index (χ4n) is 4.14. The van der Waals surface area contributed by atoms with Crippen molar-refractivity contribution in [3.8, 4) is 5.69 Å². The predicted molar refractivity (Wildman–Crippen MR) is 124 cm³/mol. The highest BCUT2D eigenvalue weighted by molar-refractivity contribution is 5.92. The maximum absolute atomic E-state index is 13.3. The van der Waals surface area contributed by atoms with Crippen LogP contribution in [0.5, 0.6) is 0 Å². The zero-order valence-corrected chi connectivity index (χ0v) is 18.6. The summed E-state index contributed by atoms with van der Waals surface area (Å²) in [5.41, 5.74) is 4.94. The van der Waals surface area contributed by atoms with Gasteiger partial charge in [0.2, 0.25) is 5.91 Å². The minimum Gasteiger partial charge on any atom is -0.326 e. The first kappa shape index (κ1) is 21.5. The van der Waals surface area contributed by atoms with Crippen LogP contribution in [0.4, 0.5) is 10.1 Å². The Bertz CT molecular complexity index is 1390. The normalized spacial score (nSPS) is 11.2. The minimum atomic E-state index is -0.348. The van der Waals surface area contributed by atoms with Crippen LogP contribution >= 0.6 is 0 Å². The van der Waals surface area contributed by atoms with Gasteiger partial charge in [-0.3, -0.25) is 14.2 Å². The van der Waals surface area contributed by atoms with Gasteiger partial charge in [0.15, 0.2) is 0 Å². The molecule has 4 aromatic rings. The van der Waals surface area contributed by atoms with E-state index in [1.54, 1.807) is 29.3 Å². The second-order valence-electron chi connectivity index (χ2n) is 8.01. The SMILES string of the molecule is Cc1cc(F)ccc1NC(=O)CCc1c(C)c2c(C)nn(-c3ccccc3)c2n(C)c1=O. The summed E-state index contributed by atoms with van der Waals surface area (Å²) < 4.78 is 16.7. The molecule has 0 unspecified atom stereocenters. The lowest BCUT2D eigenvalue weighted by Gasteiger charge is -2.13. The van der Waals surface area contributed by atoms with E-state index < -0.39 is 0 Å². The summed E-state index contributed by atoms with van der Waals surface area (Å²) >= 11 is 0. The number of nitrogens with one attached hydrogen (secondary N) is 1. The molecule has 1 N–H and O–H groups in total. The van der Waals surface area contributed by atoms with Crippen LogP contribution < -0.4 is 10.9 Å². The topological polar surface area (TPSA) is 68.9 Å². The number of hydrogen-bond donors (Lipinski definition) is 1. The highest BCUT2D eigenvalue weighted by Gasteiger charge is 2.20. The highest BCUT2D eigenvalue weighted by atomic mass is 19.1. The van der Waals surface area contributed by atoms with Crippen molar-refractivity contribution in [3.05, 3.63) is 87.1 Å². The van der Waals surface area contributed by atoms with Gasteiger partial charge in [0.05, 0.1) is 11.4 Å². The number of hydrogen-bond acceptors (Lipinski definition) is 3. The summed E-state index contributed by atoms with van der Waals surface area (Å²) in [4.78, 5) is 25.7. The largest absolute Gasteiger partial charge is 0.326 e. The van der Waals surface area contributed by atoms with Gasteiger partial charge in [0, 0.05) is 30.1 Å². The fourth-order valence-corrected chi connectivity index (χ4v) is 4.14. The Labute approximate surface area is 185 Å². The van der Waals surface area contributed by atoms with Gasteiger partial charge >= 0.3 is 0 Å². The number of nitrogens with zero attached hydrogens (tertiary/aromatic N) is 3. The van der Waals surface area contributed by atoms with E-state index in [1.165, 1.54) is 12.1 Å². The molecule has 0 spiro atoms. The molecule has 0 saturated carbocycles. The van der Waals surface area contributed by atoms with Gasteiger partial charge in [0.25, 0.3) is 5.56 Å². The van der Waals surface area contributed by atoms with Crippen molar-refractivity contribution in [2.75, 3.05) is 5.32 Å². The third-order valence-corrected chi connectivity index (χ3v) is 5.81. The van der Waals surface area contributed by atoms with Crippen LogP contribution in [-0.4, -0.2) is 20.3 Å². The zero-order chi connectivity index (χ0) is 23.0. The van der Waals surface area contributed by atoms with Crippen molar-refractivity contribution in [1.29, 1.82) is 0 Å². The third kappa shape index (κ3) is 3.82. The van der Waals surface area contributed by atoms with Gasteiger partial charge in [-0.2, -0.15) is 5.10 Å². The summed E-state index contributed by atoms with van der Waals surface area (Å²) in [5.74, 6) is -0.572. The number of para-hydroxylation sites is 1. The first-order valence-corrected chi connectivity index (χ1v) is 10.5. The molecule has 164 valence electrons. The maximum atomic E-state index is 13.3. The summed E-state index contributed by atoms with van der Waals surface area (Å²) in [6.07, 6.45) is 0.445. The Morgan fingerprint density at radius 3 is 2.50 bits per heavy atom. The summed E-state index contributed by atoms with van der Waals surface area (Å²) in [7, 11) is 1.73. The van der Waals surface area contributed by atoms with Crippen LogP contribution in [0, 0.1) is 26.6 Å². The molecule has 0 saturated heterocycles. The zero-order valence-electron chi connectivity index (χ0n) is 18.6. The number of fused-ring (bicyclic) bond motifs is 1. The number of halogens is 1. The molecule has 32 heavy (non-hydrogen) atoms. The van der Waals surface area contributed by atoms with E-state index in [4.69, 9.17) is 0 Å². The minimum absolute atomic E-state index is 0.141. The van der Waals surface area contributed by atoms with E-state index in [-0.39, 0.29) is 23.7 Å². The molecule has 0 radical (unpaired) electrons. The molecule has 7 heteroatoms. The van der Waals surface area contributed by atoms with Crippen molar-refractivity contribution in [3.63, 3.8) is 0 Å². The molecule has 4 rings (SSSR count). The number of amides is 1. The number of carbonyl (C=O) groups excluding carboxylic acids is 1. The molecule has 2 heterocycles. The van der Waals surface area contributed by atoms with E-state index in [2.05, 4.69) is 10.4 Å². The van der Waals surface area contributed by atoms with Crippen molar-refractivity contribution in [1.82, 2.24) is 14.3 Å². The Hall–Kier alpha value is -3.74. The fraction of sp³-hybridized carbons (Fsp3) is 0.240. The van der Waals surface area contributed by atoms with E-state index in [9.17, 15) is 14.0 Å². The average Bonchev–Trinajstić information content (AvgIpc) is 3.12. The number of aromatic nitrogens is 3. The van der Waals surface area contributed by atoms with Gasteiger partial charge in [-0.25, -0.2) is 9.07 Å². The molecule has 0 atom stereocenters. The molecule has 0 bridgehead atoms. The highest BCUT2D eigenvalue weighted by Crippen LogP contribution is 2.26. The van der Waals surface area contributed by atoms with Gasteiger partial charge in [-0.05, 0) is 68.7 Å². The van der Waals surface area contributed by atoms with Gasteiger partial charge in [-0.15, -0.1) is 0 Å². The molecule has 0 aliphatic carbocycles. The maximum Gasteiger partial charge on any atom is 0.255 e. The quantitative estimate of drug-likeness (QED) is 0.510. The van der Waals surface area contributed by atoms with Crippen LogP contribution in [0.15, 0.2) is 53.3 Å². The lowest BCUT2D eigenvalue weighted by molar-refractivity contribution is -0.116. The number of pyridine rings is 1. The van der Waals surface area contributed by atoms with E-state index in [1.807, 2.05) is 44.2 Å². The standard InChI is InChI=1S/C25H25FN4O2/c1-15-14-18(26)10-12-21(15)27-22(31)13-11-20-16(2)23-17(3)28-30(19-8-6-5-7-9-19)24(23)29(4)25(20)32/h5-10,12,14H,11,13H2,1-4H3,(H,27,31). The van der Waals surface area contributed by atoms with E-state index in [0.29, 0.717) is 23.2 Å². The Kier molecular flexibility index (Phi) is 5.65. The lowest BCUT2D eigenvalue weighted by Crippen LogP contribution is -2.25. The first-order chi connectivity index (χ1) is 15.3. The lowest BCUT2D eigenvalue weighted by atomic mass is 10.0. The molecule has 0 aliphatic heterocycles. The van der Waals surface area contributed by atoms with Gasteiger partial charge in [-0.1, -0.05) is 18.2 Å². The molecule has 1 amide bonds. The van der Waals surface area contributed by atoms with Crippen molar-refractivity contribution < 1.29 is 9.18 Å². The molecule has 0 fully saturated rings. The van der Waals surface area contributed by atoms with Crippen LogP contribution in [0.1, 0.15) is 28.8 Å². The summed E-state index contributed by atoms with van der Waals surface area (Å²) in [5, 5.41) is 8.40. The molecule has 2 aromatic heterocycles. The number of benzene rings is 2. The molecule has 0 aliphatic rings. The molecular formula is C25H25FN4O2. The second-order valence-corrected chi connectivity index (χ2v) is 8.01. The van der Waals surface area contributed by atoms with Crippen molar-refractivity contribution in [2.24, 2.45) is 7.05 Å². The Balaban J connectivity index is 1.66. The van der Waals surface area contributed by atoms with Crippen LogP contribution in [-0.2, 0) is 18.3 Å².